The Hall–Kier alpha value is -0.610. The summed E-state index contributed by atoms with van der Waals surface area (Å²) in [6, 6.07) is 0. The molecule has 0 aromatic carbocycles. The van der Waals surface area contributed by atoms with E-state index >= 15 is 0 Å². The number of rotatable bonds is 10. The smallest absolute Gasteiger partial charge is 0.133 e. The van der Waals surface area contributed by atoms with Gasteiger partial charge in [0.25, 0.3) is 0 Å². The van der Waals surface area contributed by atoms with E-state index in [1.165, 1.54) is 0 Å². The number of hydrogen-bond acceptors (Lipinski definition) is 8. The molecule has 0 aromatic heterocycles. The number of morpholine rings is 2. The van der Waals surface area contributed by atoms with Crippen molar-refractivity contribution in [1.82, 2.24) is 9.80 Å². The zero-order chi connectivity index (χ0) is 20.9. The number of Topliss-reactive ketones (excluding diaryl/α,β-unsaturated/α-hetero) is 1. The summed E-state index contributed by atoms with van der Waals surface area (Å²) in [4.78, 5) is 16.0. The van der Waals surface area contributed by atoms with Gasteiger partial charge in [-0.15, -0.1) is 0 Å². The van der Waals surface area contributed by atoms with Gasteiger partial charge in [-0.25, -0.2) is 0 Å². The van der Waals surface area contributed by atoms with Crippen LogP contribution in [0.3, 0.4) is 0 Å². The van der Waals surface area contributed by atoms with Crippen LogP contribution in [-0.2, 0) is 14.3 Å². The summed E-state index contributed by atoms with van der Waals surface area (Å²) in [6.45, 7) is 13.8. The van der Waals surface area contributed by atoms with Crippen molar-refractivity contribution in [2.75, 3.05) is 85.3 Å². The molecule has 28 heavy (non-hydrogen) atoms. The minimum Gasteiger partial charge on any atom is -0.379 e. The van der Waals surface area contributed by atoms with Gasteiger partial charge in [0, 0.05) is 52.1 Å². The first-order chi connectivity index (χ1) is 13.7. The van der Waals surface area contributed by atoms with Crippen LogP contribution in [0.1, 0.15) is 39.0 Å². The Morgan fingerprint density at radius 3 is 1.64 bits per heavy atom. The van der Waals surface area contributed by atoms with Gasteiger partial charge in [-0.05, 0) is 38.9 Å². The molecule has 2 heterocycles. The molecule has 0 radical (unpaired) electrons. The molecule has 0 spiro atoms. The van der Waals surface area contributed by atoms with E-state index in [0.717, 1.165) is 98.0 Å². The fourth-order valence-electron chi connectivity index (χ4n) is 2.76. The molecule has 2 fully saturated rings. The molecule has 0 unspecified atom stereocenters. The maximum atomic E-state index is 11.3. The largest absolute Gasteiger partial charge is 0.379 e. The van der Waals surface area contributed by atoms with Crippen LogP contribution in [0.5, 0.6) is 0 Å². The quantitative estimate of drug-likeness (QED) is 0.468. The molecule has 8 nitrogen and oxygen atoms in total. The highest BCUT2D eigenvalue weighted by molar-refractivity contribution is 5.78. The first-order valence-corrected chi connectivity index (χ1v) is 10.9. The number of carbonyl (C=O) groups is 1. The van der Waals surface area contributed by atoms with E-state index in [4.69, 9.17) is 26.7 Å². The SMILES string of the molecule is CCCN.NCCCC(=O)CCCN1CCOCC1.NCCN1CCOCC1. The van der Waals surface area contributed by atoms with E-state index < -0.39 is 0 Å². The van der Waals surface area contributed by atoms with Gasteiger partial charge in [0.2, 0.25) is 0 Å². The average Bonchev–Trinajstić information content (AvgIpc) is 2.75. The van der Waals surface area contributed by atoms with Gasteiger partial charge in [-0.3, -0.25) is 14.6 Å². The molecule has 2 saturated heterocycles. The van der Waals surface area contributed by atoms with Crippen LogP contribution in [-0.4, -0.2) is 101 Å². The first kappa shape index (κ1) is 27.4. The van der Waals surface area contributed by atoms with Gasteiger partial charge in [0.15, 0.2) is 0 Å². The number of nitrogens with two attached hydrogens (primary N) is 3. The molecule has 0 aliphatic carbocycles. The van der Waals surface area contributed by atoms with Gasteiger partial charge in [-0.1, -0.05) is 6.92 Å². The van der Waals surface area contributed by atoms with Gasteiger partial charge >= 0.3 is 0 Å². The first-order valence-electron chi connectivity index (χ1n) is 10.9. The second-order valence-electron chi connectivity index (χ2n) is 7.02. The van der Waals surface area contributed by atoms with E-state index in [1.807, 2.05) is 0 Å². The standard InChI is InChI=1S/C11H22N2O2.C6H14N2O.C3H9N/c12-5-1-3-11(14)4-2-6-13-7-9-15-10-8-13;7-1-2-8-3-5-9-6-4-8;1-2-3-4/h1-10,12H2;1-7H2;2-4H2,1H3. The molecule has 168 valence electrons. The lowest BCUT2D eigenvalue weighted by Crippen LogP contribution is -2.39. The highest BCUT2D eigenvalue weighted by Gasteiger charge is 2.10. The molecule has 0 saturated carbocycles. The van der Waals surface area contributed by atoms with E-state index in [1.54, 1.807) is 0 Å². The van der Waals surface area contributed by atoms with Gasteiger partial charge in [0.05, 0.1) is 26.4 Å². The minimum absolute atomic E-state index is 0.355. The summed E-state index contributed by atoms with van der Waals surface area (Å²) in [5.74, 6) is 0.355. The second kappa shape index (κ2) is 21.1. The van der Waals surface area contributed by atoms with Crippen LogP contribution >= 0.6 is 0 Å². The summed E-state index contributed by atoms with van der Waals surface area (Å²) in [5.41, 5.74) is 15.8. The maximum absolute atomic E-state index is 11.3. The summed E-state index contributed by atoms with van der Waals surface area (Å²) < 4.78 is 10.4. The third-order valence-corrected chi connectivity index (χ3v) is 4.53. The Bertz CT molecular complexity index is 331. The number of hydrogen-bond donors (Lipinski definition) is 3. The molecule has 0 bridgehead atoms. The van der Waals surface area contributed by atoms with Crippen molar-refractivity contribution in [3.63, 3.8) is 0 Å². The molecular weight excluding hydrogens is 358 g/mol. The highest BCUT2D eigenvalue weighted by Crippen LogP contribution is 2.02. The van der Waals surface area contributed by atoms with Crippen molar-refractivity contribution in [3.05, 3.63) is 0 Å². The lowest BCUT2D eigenvalue weighted by atomic mass is 10.1. The van der Waals surface area contributed by atoms with Crippen molar-refractivity contribution >= 4 is 5.78 Å². The fraction of sp³-hybridized carbons (Fsp3) is 0.950. The van der Waals surface area contributed by atoms with Crippen LogP contribution in [0.4, 0.5) is 0 Å². The zero-order valence-corrected chi connectivity index (χ0v) is 18.1. The van der Waals surface area contributed by atoms with Crippen molar-refractivity contribution in [3.8, 4) is 0 Å². The van der Waals surface area contributed by atoms with Gasteiger partial charge in [0.1, 0.15) is 5.78 Å². The Kier molecular flexibility index (Phi) is 20.6. The Morgan fingerprint density at radius 2 is 1.21 bits per heavy atom. The summed E-state index contributed by atoms with van der Waals surface area (Å²) >= 11 is 0. The van der Waals surface area contributed by atoms with E-state index in [9.17, 15) is 4.79 Å². The van der Waals surface area contributed by atoms with Crippen LogP contribution in [0.15, 0.2) is 0 Å². The number of nitrogens with zero attached hydrogens (tertiary/aromatic N) is 2. The molecule has 0 aromatic rings. The van der Waals surface area contributed by atoms with E-state index in [2.05, 4.69) is 16.7 Å². The van der Waals surface area contributed by atoms with E-state index in [0.29, 0.717) is 25.2 Å². The maximum Gasteiger partial charge on any atom is 0.133 e. The second-order valence-corrected chi connectivity index (χ2v) is 7.02. The molecule has 2 aliphatic rings. The third-order valence-electron chi connectivity index (χ3n) is 4.53. The Morgan fingerprint density at radius 1 is 0.750 bits per heavy atom. The van der Waals surface area contributed by atoms with Crippen molar-refractivity contribution in [2.24, 2.45) is 17.2 Å². The van der Waals surface area contributed by atoms with Crippen LogP contribution in [0.25, 0.3) is 0 Å². The normalized spacial score (nSPS) is 17.9. The topological polar surface area (TPSA) is 120 Å². The average molecular weight is 404 g/mol. The highest BCUT2D eigenvalue weighted by atomic mass is 16.5. The van der Waals surface area contributed by atoms with Gasteiger partial charge < -0.3 is 26.7 Å². The lowest BCUT2D eigenvalue weighted by molar-refractivity contribution is -0.119. The van der Waals surface area contributed by atoms with E-state index in [-0.39, 0.29) is 0 Å². The Balaban J connectivity index is 0.000000473. The van der Waals surface area contributed by atoms with Crippen LogP contribution in [0, 0.1) is 0 Å². The number of ketones is 1. The predicted molar refractivity (Wildman–Crippen MR) is 115 cm³/mol. The number of ether oxygens (including phenoxy) is 2. The molecule has 6 N–H and O–H groups in total. The molecule has 2 rings (SSSR count). The minimum atomic E-state index is 0.355. The zero-order valence-electron chi connectivity index (χ0n) is 18.1. The molecule has 8 heteroatoms. The molecule has 2 aliphatic heterocycles. The monoisotopic (exact) mass is 403 g/mol. The van der Waals surface area contributed by atoms with Crippen molar-refractivity contribution in [2.45, 2.75) is 39.0 Å². The van der Waals surface area contributed by atoms with Crippen molar-refractivity contribution < 1.29 is 14.3 Å². The molecular formula is C20H45N5O3. The van der Waals surface area contributed by atoms with Crippen LogP contribution in [0.2, 0.25) is 0 Å². The molecule has 0 atom stereocenters. The Labute approximate surface area is 172 Å². The summed E-state index contributed by atoms with van der Waals surface area (Å²) in [6.07, 6.45) is 4.26. The predicted octanol–water partition coefficient (Wildman–Crippen LogP) is 0.0392. The lowest BCUT2D eigenvalue weighted by Gasteiger charge is -2.26. The van der Waals surface area contributed by atoms with Crippen molar-refractivity contribution in [1.29, 1.82) is 0 Å². The third kappa shape index (κ3) is 17.5. The van der Waals surface area contributed by atoms with Crippen LogP contribution < -0.4 is 17.2 Å². The summed E-state index contributed by atoms with van der Waals surface area (Å²) in [5, 5.41) is 0. The summed E-state index contributed by atoms with van der Waals surface area (Å²) in [7, 11) is 0. The molecule has 0 amide bonds. The van der Waals surface area contributed by atoms with Gasteiger partial charge in [-0.2, -0.15) is 0 Å². The fourth-order valence-corrected chi connectivity index (χ4v) is 2.76. The number of carbonyl (C=O) groups excluding carboxylic acids is 1.